The summed E-state index contributed by atoms with van der Waals surface area (Å²) in [5, 5.41) is 3.35. The second kappa shape index (κ2) is 10.9. The monoisotopic (exact) mass is 500 g/mol. The number of hydrogen-bond donors (Lipinski definition) is 1. The number of aromatic nitrogens is 2. The molecular formula is C30H33FN4O2. The maximum absolute atomic E-state index is 13.9. The number of nitrogens with one attached hydrogen (secondary N) is 1. The number of nitrogens with zero attached hydrogens (tertiary/aromatic N) is 3. The maximum atomic E-state index is 13.9. The highest BCUT2D eigenvalue weighted by molar-refractivity contribution is 5.89. The highest BCUT2D eigenvalue weighted by Crippen LogP contribution is 2.28. The van der Waals surface area contributed by atoms with E-state index in [0.717, 1.165) is 11.1 Å². The van der Waals surface area contributed by atoms with Crippen LogP contribution in [0, 0.1) is 25.6 Å². The van der Waals surface area contributed by atoms with Gasteiger partial charge in [0.15, 0.2) is 0 Å². The average Bonchev–Trinajstić information content (AvgIpc) is 2.86. The third-order valence-electron chi connectivity index (χ3n) is 6.51. The van der Waals surface area contributed by atoms with Crippen molar-refractivity contribution in [2.75, 3.05) is 11.9 Å². The highest BCUT2D eigenvalue weighted by atomic mass is 19.1. The molecule has 0 aliphatic heterocycles. The zero-order chi connectivity index (χ0) is 26.7. The van der Waals surface area contributed by atoms with Crippen molar-refractivity contribution in [3.63, 3.8) is 0 Å². The Morgan fingerprint density at radius 2 is 1.78 bits per heavy atom. The van der Waals surface area contributed by atoms with E-state index in [0.29, 0.717) is 41.1 Å². The number of urea groups is 1. The number of para-hydroxylation sites is 1. The van der Waals surface area contributed by atoms with E-state index >= 15 is 0 Å². The van der Waals surface area contributed by atoms with Gasteiger partial charge in [-0.25, -0.2) is 14.2 Å². The molecule has 1 atom stereocenters. The molecule has 0 aliphatic carbocycles. The number of anilines is 1. The van der Waals surface area contributed by atoms with Crippen molar-refractivity contribution < 1.29 is 9.18 Å². The first kappa shape index (κ1) is 26.1. The molecule has 7 heteroatoms. The smallest absolute Gasteiger partial charge is 0.314 e. The van der Waals surface area contributed by atoms with Gasteiger partial charge in [0.2, 0.25) is 0 Å². The second-order valence-electron chi connectivity index (χ2n) is 9.81. The molecule has 0 radical (unpaired) electrons. The lowest BCUT2D eigenvalue weighted by molar-refractivity contribution is 0.171. The van der Waals surface area contributed by atoms with Crippen LogP contribution in [-0.4, -0.2) is 27.0 Å². The topological polar surface area (TPSA) is 67.2 Å². The number of carbonyl (C=O) groups is 1. The molecule has 6 nitrogen and oxygen atoms in total. The number of rotatable bonds is 7. The Hall–Kier alpha value is -4.00. The minimum Gasteiger partial charge on any atom is -0.314 e. The van der Waals surface area contributed by atoms with Crippen LogP contribution in [0.25, 0.3) is 16.6 Å². The third-order valence-corrected chi connectivity index (χ3v) is 6.51. The van der Waals surface area contributed by atoms with Crippen molar-refractivity contribution in [1.82, 2.24) is 14.5 Å². The Morgan fingerprint density at radius 1 is 1.03 bits per heavy atom. The molecule has 4 aromatic rings. The average molecular weight is 501 g/mol. The first-order valence-corrected chi connectivity index (χ1v) is 12.6. The first-order valence-electron chi connectivity index (χ1n) is 12.6. The molecule has 0 saturated carbocycles. The van der Waals surface area contributed by atoms with Gasteiger partial charge in [0.1, 0.15) is 11.6 Å². The molecule has 1 aromatic heterocycles. The summed E-state index contributed by atoms with van der Waals surface area (Å²) in [7, 11) is 0. The summed E-state index contributed by atoms with van der Waals surface area (Å²) >= 11 is 0. The summed E-state index contributed by atoms with van der Waals surface area (Å²) in [6.45, 7) is 10.5. The largest absolute Gasteiger partial charge is 0.322 e. The Morgan fingerprint density at radius 3 is 2.46 bits per heavy atom. The molecule has 0 aliphatic rings. The van der Waals surface area contributed by atoms with Gasteiger partial charge < -0.3 is 10.2 Å². The highest BCUT2D eigenvalue weighted by Gasteiger charge is 2.30. The molecule has 1 N–H and O–H groups in total. The van der Waals surface area contributed by atoms with Crippen LogP contribution in [0.3, 0.4) is 0 Å². The second-order valence-corrected chi connectivity index (χ2v) is 9.81. The van der Waals surface area contributed by atoms with E-state index in [4.69, 9.17) is 4.98 Å². The van der Waals surface area contributed by atoms with E-state index in [2.05, 4.69) is 5.32 Å². The predicted molar refractivity (Wildman–Crippen MR) is 147 cm³/mol. The molecule has 1 unspecified atom stereocenters. The van der Waals surface area contributed by atoms with Gasteiger partial charge in [0, 0.05) is 12.2 Å². The lowest BCUT2D eigenvalue weighted by Gasteiger charge is -2.33. The molecule has 192 valence electrons. The van der Waals surface area contributed by atoms with Crippen LogP contribution < -0.4 is 10.9 Å². The van der Waals surface area contributed by atoms with Crippen LogP contribution in [0.4, 0.5) is 14.9 Å². The number of aryl methyl sites for hydroxylation is 2. The summed E-state index contributed by atoms with van der Waals surface area (Å²) in [6, 6.07) is 18.1. The standard InChI is InChI=1S/C30H33FN4O2/c1-6-27(34(18-19(2)3)30(37)32-23-11-9-10-22(31)17-23)28-33-26-13-8-7-12-25(26)29(36)35(28)24-15-14-20(4)21(5)16-24/h7-17,19,27H,6,18H2,1-5H3,(H,32,37). The number of fused-ring (bicyclic) bond motifs is 1. The first-order chi connectivity index (χ1) is 17.7. The Labute approximate surface area is 216 Å². The van der Waals surface area contributed by atoms with Crippen molar-refractivity contribution in [2.24, 2.45) is 5.92 Å². The van der Waals surface area contributed by atoms with Crippen LogP contribution in [0.2, 0.25) is 0 Å². The van der Waals surface area contributed by atoms with Crippen molar-refractivity contribution in [3.05, 3.63) is 99.9 Å². The Kier molecular flexibility index (Phi) is 7.71. The van der Waals surface area contributed by atoms with Gasteiger partial charge in [-0.15, -0.1) is 0 Å². The molecule has 0 saturated heterocycles. The molecule has 2 amide bonds. The van der Waals surface area contributed by atoms with E-state index in [1.165, 1.54) is 12.1 Å². The zero-order valence-electron chi connectivity index (χ0n) is 22.0. The normalized spacial score (nSPS) is 12.1. The van der Waals surface area contributed by atoms with Crippen LogP contribution in [0.5, 0.6) is 0 Å². The number of carbonyl (C=O) groups excluding carboxylic acids is 1. The van der Waals surface area contributed by atoms with Gasteiger partial charge in [0.25, 0.3) is 5.56 Å². The maximum Gasteiger partial charge on any atom is 0.322 e. The molecule has 0 spiro atoms. The van der Waals surface area contributed by atoms with Gasteiger partial charge in [-0.3, -0.25) is 9.36 Å². The van der Waals surface area contributed by atoms with Gasteiger partial charge in [0.05, 0.1) is 22.6 Å². The fourth-order valence-electron chi connectivity index (χ4n) is 4.54. The van der Waals surface area contributed by atoms with Gasteiger partial charge >= 0.3 is 6.03 Å². The molecule has 0 bridgehead atoms. The minimum absolute atomic E-state index is 0.148. The van der Waals surface area contributed by atoms with Crippen molar-refractivity contribution >= 4 is 22.6 Å². The predicted octanol–water partition coefficient (Wildman–Crippen LogP) is 6.78. The van der Waals surface area contributed by atoms with E-state index < -0.39 is 11.9 Å². The van der Waals surface area contributed by atoms with Crippen LogP contribution in [0.1, 0.15) is 50.2 Å². The van der Waals surface area contributed by atoms with Crippen molar-refractivity contribution in [1.29, 1.82) is 0 Å². The summed E-state index contributed by atoms with van der Waals surface area (Å²) in [6.07, 6.45) is 0.527. The molecule has 1 heterocycles. The fraction of sp³-hybridized carbons (Fsp3) is 0.300. The molecule has 4 rings (SSSR count). The van der Waals surface area contributed by atoms with Crippen LogP contribution >= 0.6 is 0 Å². The number of hydrogen-bond acceptors (Lipinski definition) is 3. The Balaban J connectivity index is 1.90. The zero-order valence-corrected chi connectivity index (χ0v) is 22.0. The van der Waals surface area contributed by atoms with Gasteiger partial charge in [-0.05, 0) is 79.8 Å². The number of amides is 2. The van der Waals surface area contributed by atoms with E-state index in [1.807, 2.05) is 71.0 Å². The molecular weight excluding hydrogens is 467 g/mol. The van der Waals surface area contributed by atoms with E-state index in [-0.39, 0.29) is 17.5 Å². The van der Waals surface area contributed by atoms with Gasteiger partial charge in [-0.1, -0.05) is 45.0 Å². The number of halogens is 1. The summed E-state index contributed by atoms with van der Waals surface area (Å²) in [4.78, 5) is 34.1. The lowest BCUT2D eigenvalue weighted by atomic mass is 10.1. The summed E-state index contributed by atoms with van der Waals surface area (Å²) < 4.78 is 15.4. The SMILES string of the molecule is CCC(c1nc2ccccc2c(=O)n1-c1ccc(C)c(C)c1)N(CC(C)C)C(=O)Nc1cccc(F)c1. The minimum atomic E-state index is -0.505. The summed E-state index contributed by atoms with van der Waals surface area (Å²) in [5.41, 5.74) is 3.64. The van der Waals surface area contributed by atoms with E-state index in [9.17, 15) is 14.0 Å². The molecule has 37 heavy (non-hydrogen) atoms. The van der Waals surface area contributed by atoms with Gasteiger partial charge in [-0.2, -0.15) is 0 Å². The van der Waals surface area contributed by atoms with Crippen LogP contribution in [0.15, 0.2) is 71.5 Å². The Bertz CT molecular complexity index is 1490. The molecule has 3 aromatic carbocycles. The summed E-state index contributed by atoms with van der Waals surface area (Å²) in [5.74, 6) is 0.207. The molecule has 0 fully saturated rings. The van der Waals surface area contributed by atoms with Crippen molar-refractivity contribution in [3.8, 4) is 5.69 Å². The fourth-order valence-corrected chi connectivity index (χ4v) is 4.54. The number of benzene rings is 3. The van der Waals surface area contributed by atoms with E-state index in [1.54, 1.807) is 27.7 Å². The lowest BCUT2D eigenvalue weighted by Crippen LogP contribution is -2.42. The van der Waals surface area contributed by atoms with Crippen LogP contribution in [-0.2, 0) is 0 Å². The quantitative estimate of drug-likeness (QED) is 0.304. The third kappa shape index (κ3) is 5.56. The van der Waals surface area contributed by atoms with Crippen molar-refractivity contribution in [2.45, 2.75) is 47.1 Å².